The molecule has 3 rings (SSSR count). The van der Waals surface area contributed by atoms with Crippen molar-refractivity contribution in [3.63, 3.8) is 0 Å². The molecule has 0 aromatic heterocycles. The second-order valence-corrected chi connectivity index (χ2v) is 8.00. The second kappa shape index (κ2) is 5.73. The van der Waals surface area contributed by atoms with Crippen LogP contribution in [0.15, 0.2) is 0 Å². The van der Waals surface area contributed by atoms with Crippen LogP contribution in [0.5, 0.6) is 0 Å². The molecule has 0 aromatic rings. The van der Waals surface area contributed by atoms with Crippen LogP contribution < -0.4 is 5.73 Å². The molecule has 3 fully saturated rings. The summed E-state index contributed by atoms with van der Waals surface area (Å²) < 4.78 is 0. The molecule has 0 saturated heterocycles. The van der Waals surface area contributed by atoms with Crippen molar-refractivity contribution in [3.05, 3.63) is 0 Å². The predicted octanol–water partition coefficient (Wildman–Crippen LogP) is 3.12. The Bertz CT molecular complexity index is 304. The van der Waals surface area contributed by atoms with E-state index in [2.05, 4.69) is 18.9 Å². The van der Waals surface area contributed by atoms with Crippen LogP contribution in [0.1, 0.15) is 51.9 Å². The van der Waals surface area contributed by atoms with Crippen molar-refractivity contribution >= 4 is 0 Å². The van der Waals surface area contributed by atoms with Crippen LogP contribution in [0.4, 0.5) is 0 Å². The van der Waals surface area contributed by atoms with Gasteiger partial charge in [0, 0.05) is 19.1 Å². The highest BCUT2D eigenvalue weighted by molar-refractivity contribution is 4.91. The van der Waals surface area contributed by atoms with E-state index in [1.54, 1.807) is 6.42 Å². The maximum Gasteiger partial charge on any atom is 0.00795 e. The van der Waals surface area contributed by atoms with Gasteiger partial charge in [0.05, 0.1) is 0 Å². The van der Waals surface area contributed by atoms with E-state index in [0.29, 0.717) is 6.04 Å². The smallest absolute Gasteiger partial charge is 0.00795 e. The van der Waals surface area contributed by atoms with Gasteiger partial charge < -0.3 is 10.6 Å². The van der Waals surface area contributed by atoms with Gasteiger partial charge in [0.25, 0.3) is 0 Å². The predicted molar refractivity (Wildman–Crippen MR) is 80.9 cm³/mol. The van der Waals surface area contributed by atoms with E-state index in [-0.39, 0.29) is 0 Å². The van der Waals surface area contributed by atoms with Gasteiger partial charge in [-0.05, 0) is 75.2 Å². The Morgan fingerprint density at radius 3 is 2.42 bits per heavy atom. The van der Waals surface area contributed by atoms with Crippen molar-refractivity contribution in [2.45, 2.75) is 57.9 Å². The molecular formula is C17H32N2. The van der Waals surface area contributed by atoms with Crippen molar-refractivity contribution in [2.24, 2.45) is 35.3 Å². The minimum atomic E-state index is 0.457. The maximum absolute atomic E-state index is 6.33. The Hall–Kier alpha value is -0.0800. The second-order valence-electron chi connectivity index (χ2n) is 8.00. The van der Waals surface area contributed by atoms with Crippen LogP contribution in [0.25, 0.3) is 0 Å². The highest BCUT2D eigenvalue weighted by Crippen LogP contribution is 2.48. The molecule has 0 aliphatic heterocycles. The quantitative estimate of drug-likeness (QED) is 0.845. The first-order valence-electron chi connectivity index (χ1n) is 8.56. The van der Waals surface area contributed by atoms with E-state index in [4.69, 9.17) is 5.73 Å². The summed E-state index contributed by atoms with van der Waals surface area (Å²) in [6.45, 7) is 4.97. The Morgan fingerprint density at radius 2 is 1.74 bits per heavy atom. The molecule has 2 N–H and O–H groups in total. The third-order valence-corrected chi connectivity index (χ3v) is 6.28. The lowest BCUT2D eigenvalue weighted by molar-refractivity contribution is 0.152. The normalized spacial score (nSPS) is 46.1. The van der Waals surface area contributed by atoms with Gasteiger partial charge in [0.15, 0.2) is 0 Å². The summed E-state index contributed by atoms with van der Waals surface area (Å²) in [7, 11) is 2.33. The number of rotatable bonds is 4. The lowest BCUT2D eigenvalue weighted by atomic mass is 9.79. The van der Waals surface area contributed by atoms with Crippen LogP contribution in [0.2, 0.25) is 0 Å². The first-order valence-corrected chi connectivity index (χ1v) is 8.56. The lowest BCUT2D eigenvalue weighted by Gasteiger charge is -2.36. The molecule has 6 unspecified atom stereocenters. The minimum absolute atomic E-state index is 0.457. The summed E-state index contributed by atoms with van der Waals surface area (Å²) in [6, 6.07) is 0.457. The third kappa shape index (κ3) is 3.16. The number of nitrogens with zero attached hydrogens (tertiary/aromatic N) is 1. The molecule has 0 heterocycles. The highest BCUT2D eigenvalue weighted by atomic mass is 15.1. The van der Waals surface area contributed by atoms with E-state index < -0.39 is 0 Å². The molecule has 19 heavy (non-hydrogen) atoms. The molecular weight excluding hydrogens is 232 g/mol. The van der Waals surface area contributed by atoms with Crippen LogP contribution in [-0.2, 0) is 0 Å². The van der Waals surface area contributed by atoms with Gasteiger partial charge in [0.1, 0.15) is 0 Å². The number of fused-ring (bicyclic) bond motifs is 2. The van der Waals surface area contributed by atoms with E-state index in [1.165, 1.54) is 51.6 Å². The van der Waals surface area contributed by atoms with Gasteiger partial charge in [-0.25, -0.2) is 0 Å². The Balaban J connectivity index is 1.46. The Morgan fingerprint density at radius 1 is 0.947 bits per heavy atom. The number of hydrogen-bond donors (Lipinski definition) is 1. The zero-order valence-electron chi connectivity index (χ0n) is 12.9. The Labute approximate surface area is 119 Å². The van der Waals surface area contributed by atoms with Crippen LogP contribution in [-0.4, -0.2) is 31.1 Å². The van der Waals surface area contributed by atoms with E-state index in [1.807, 2.05) is 0 Å². The Kier molecular flexibility index (Phi) is 4.19. The monoisotopic (exact) mass is 264 g/mol. The molecule has 6 atom stereocenters. The standard InChI is InChI=1S/C17H32N2/c1-12-3-6-17(18)16(7-12)11-19(2)10-15-9-13-4-5-14(15)8-13/h12-17H,3-11,18H2,1-2H3. The molecule has 3 aliphatic carbocycles. The van der Waals surface area contributed by atoms with Gasteiger partial charge >= 0.3 is 0 Å². The summed E-state index contributed by atoms with van der Waals surface area (Å²) in [5.41, 5.74) is 6.33. The molecule has 3 aliphatic rings. The zero-order chi connectivity index (χ0) is 13.4. The van der Waals surface area contributed by atoms with E-state index in [9.17, 15) is 0 Å². The fourth-order valence-electron chi connectivity index (χ4n) is 5.21. The summed E-state index contributed by atoms with van der Waals surface area (Å²) in [5, 5.41) is 0. The molecule has 0 amide bonds. The summed E-state index contributed by atoms with van der Waals surface area (Å²) in [4.78, 5) is 2.61. The van der Waals surface area contributed by atoms with Gasteiger partial charge in [-0.15, -0.1) is 0 Å². The molecule has 2 heteroatoms. The molecule has 0 radical (unpaired) electrons. The molecule has 2 nitrogen and oxygen atoms in total. The first-order chi connectivity index (χ1) is 9.11. The van der Waals surface area contributed by atoms with Crippen LogP contribution in [0.3, 0.4) is 0 Å². The number of nitrogens with two attached hydrogens (primary N) is 1. The topological polar surface area (TPSA) is 29.3 Å². The molecule has 0 aromatic carbocycles. The number of hydrogen-bond acceptors (Lipinski definition) is 2. The average Bonchev–Trinajstić information content (AvgIpc) is 2.96. The highest BCUT2D eigenvalue weighted by Gasteiger charge is 2.39. The fourth-order valence-corrected chi connectivity index (χ4v) is 5.21. The van der Waals surface area contributed by atoms with Crippen LogP contribution in [0, 0.1) is 29.6 Å². The van der Waals surface area contributed by atoms with Crippen molar-refractivity contribution < 1.29 is 0 Å². The van der Waals surface area contributed by atoms with Gasteiger partial charge in [0.2, 0.25) is 0 Å². The lowest BCUT2D eigenvalue weighted by Crippen LogP contribution is -2.43. The van der Waals surface area contributed by atoms with Crippen molar-refractivity contribution in [2.75, 3.05) is 20.1 Å². The zero-order valence-corrected chi connectivity index (χ0v) is 12.9. The van der Waals surface area contributed by atoms with Crippen molar-refractivity contribution in [3.8, 4) is 0 Å². The first kappa shape index (κ1) is 13.9. The van der Waals surface area contributed by atoms with Gasteiger partial charge in [-0.2, -0.15) is 0 Å². The molecule has 110 valence electrons. The average molecular weight is 264 g/mol. The SMILES string of the molecule is CC1CCC(N)C(CN(C)CC2CC3CCC2C3)C1. The molecule has 3 saturated carbocycles. The third-order valence-electron chi connectivity index (χ3n) is 6.28. The largest absolute Gasteiger partial charge is 0.327 e. The molecule has 2 bridgehead atoms. The van der Waals surface area contributed by atoms with Crippen LogP contribution >= 0.6 is 0 Å². The molecule has 0 spiro atoms. The maximum atomic E-state index is 6.33. The van der Waals surface area contributed by atoms with Gasteiger partial charge in [-0.1, -0.05) is 13.3 Å². The minimum Gasteiger partial charge on any atom is -0.327 e. The summed E-state index contributed by atoms with van der Waals surface area (Å²) in [6.07, 6.45) is 10.0. The van der Waals surface area contributed by atoms with Crippen molar-refractivity contribution in [1.82, 2.24) is 4.90 Å². The summed E-state index contributed by atoms with van der Waals surface area (Å²) in [5.74, 6) is 4.78. The summed E-state index contributed by atoms with van der Waals surface area (Å²) >= 11 is 0. The fraction of sp³-hybridized carbons (Fsp3) is 1.00. The van der Waals surface area contributed by atoms with Crippen molar-refractivity contribution in [1.29, 1.82) is 0 Å². The van der Waals surface area contributed by atoms with Gasteiger partial charge in [-0.3, -0.25) is 0 Å². The van der Waals surface area contributed by atoms with E-state index >= 15 is 0 Å². The van der Waals surface area contributed by atoms with E-state index in [0.717, 1.165) is 29.6 Å².